The van der Waals surface area contributed by atoms with E-state index in [-0.39, 0.29) is 5.91 Å². The van der Waals surface area contributed by atoms with Gasteiger partial charge < -0.3 is 15.5 Å². The van der Waals surface area contributed by atoms with Crippen LogP contribution >= 0.6 is 0 Å². The van der Waals surface area contributed by atoms with Gasteiger partial charge in [-0.2, -0.15) is 0 Å². The minimum absolute atomic E-state index is 0.0839. The molecular formula is C13H29N3O. The van der Waals surface area contributed by atoms with E-state index in [1.807, 2.05) is 32.8 Å². The molecule has 4 nitrogen and oxygen atoms in total. The first-order valence-electron chi connectivity index (χ1n) is 6.58. The second-order valence-electron chi connectivity index (χ2n) is 5.21. The Morgan fingerprint density at radius 2 is 1.82 bits per heavy atom. The SMILES string of the molecule is CCCC(C)(N)C(=O)N(CC)CCCN(C)C. The molecule has 0 aliphatic carbocycles. The van der Waals surface area contributed by atoms with Crippen molar-refractivity contribution in [2.45, 2.75) is 45.6 Å². The molecule has 0 aliphatic rings. The van der Waals surface area contributed by atoms with Gasteiger partial charge in [-0.05, 0) is 47.3 Å². The molecule has 0 heterocycles. The number of carbonyl (C=O) groups excluding carboxylic acids is 1. The Balaban J connectivity index is 4.29. The number of carbonyl (C=O) groups is 1. The summed E-state index contributed by atoms with van der Waals surface area (Å²) in [6.45, 7) is 8.44. The van der Waals surface area contributed by atoms with Crippen molar-refractivity contribution < 1.29 is 4.79 Å². The molecule has 1 amide bonds. The van der Waals surface area contributed by atoms with Crippen LogP contribution in [0.2, 0.25) is 0 Å². The first-order valence-corrected chi connectivity index (χ1v) is 6.58. The van der Waals surface area contributed by atoms with Gasteiger partial charge in [-0.1, -0.05) is 13.3 Å². The minimum atomic E-state index is -0.705. The molecule has 0 saturated heterocycles. The first-order chi connectivity index (χ1) is 7.85. The fraction of sp³-hybridized carbons (Fsp3) is 0.923. The third kappa shape index (κ3) is 6.03. The van der Waals surface area contributed by atoms with Crippen molar-refractivity contribution in [2.24, 2.45) is 5.73 Å². The average molecular weight is 243 g/mol. The van der Waals surface area contributed by atoms with Crippen LogP contribution in [0.3, 0.4) is 0 Å². The van der Waals surface area contributed by atoms with Gasteiger partial charge in [0.1, 0.15) is 0 Å². The Labute approximate surface area is 106 Å². The molecular weight excluding hydrogens is 214 g/mol. The van der Waals surface area contributed by atoms with E-state index in [1.54, 1.807) is 0 Å². The Kier molecular flexibility index (Phi) is 7.39. The summed E-state index contributed by atoms with van der Waals surface area (Å²) in [5.41, 5.74) is 5.37. The van der Waals surface area contributed by atoms with E-state index in [1.165, 1.54) is 0 Å². The highest BCUT2D eigenvalue weighted by atomic mass is 16.2. The van der Waals surface area contributed by atoms with Crippen LogP contribution in [0.4, 0.5) is 0 Å². The van der Waals surface area contributed by atoms with Crippen LogP contribution in [0, 0.1) is 0 Å². The van der Waals surface area contributed by atoms with Crippen LogP contribution in [-0.2, 0) is 4.79 Å². The van der Waals surface area contributed by atoms with Gasteiger partial charge in [-0.25, -0.2) is 0 Å². The molecule has 0 radical (unpaired) electrons. The maximum atomic E-state index is 12.2. The lowest BCUT2D eigenvalue weighted by atomic mass is 9.95. The normalized spacial score (nSPS) is 14.8. The molecule has 0 aromatic carbocycles. The predicted molar refractivity (Wildman–Crippen MR) is 72.9 cm³/mol. The molecule has 0 rings (SSSR count). The van der Waals surface area contributed by atoms with Crippen LogP contribution in [-0.4, -0.2) is 55.0 Å². The number of rotatable bonds is 8. The van der Waals surface area contributed by atoms with Crippen LogP contribution in [0.5, 0.6) is 0 Å². The van der Waals surface area contributed by atoms with Gasteiger partial charge in [-0.15, -0.1) is 0 Å². The quantitative estimate of drug-likeness (QED) is 0.699. The number of hydrogen-bond donors (Lipinski definition) is 1. The largest absolute Gasteiger partial charge is 0.341 e. The predicted octanol–water partition coefficient (Wildman–Crippen LogP) is 1.30. The molecule has 102 valence electrons. The standard InChI is InChI=1S/C13H29N3O/c1-6-9-13(3,14)12(17)16(7-2)11-8-10-15(4)5/h6-11,14H2,1-5H3. The molecule has 0 saturated carbocycles. The van der Waals surface area contributed by atoms with Gasteiger partial charge in [-0.3, -0.25) is 4.79 Å². The summed E-state index contributed by atoms with van der Waals surface area (Å²) in [6.07, 6.45) is 2.68. The van der Waals surface area contributed by atoms with Crippen molar-refractivity contribution in [2.75, 3.05) is 33.7 Å². The molecule has 1 atom stereocenters. The molecule has 0 aromatic heterocycles. The summed E-state index contributed by atoms with van der Waals surface area (Å²) in [7, 11) is 4.09. The number of hydrogen-bond acceptors (Lipinski definition) is 3. The highest BCUT2D eigenvalue weighted by Gasteiger charge is 2.30. The zero-order valence-corrected chi connectivity index (χ0v) is 12.1. The fourth-order valence-corrected chi connectivity index (χ4v) is 1.97. The molecule has 17 heavy (non-hydrogen) atoms. The van der Waals surface area contributed by atoms with Crippen LogP contribution in [0.1, 0.15) is 40.0 Å². The number of amides is 1. The topological polar surface area (TPSA) is 49.6 Å². The second kappa shape index (κ2) is 7.67. The van der Waals surface area contributed by atoms with Crippen molar-refractivity contribution in [1.82, 2.24) is 9.80 Å². The molecule has 0 fully saturated rings. The van der Waals surface area contributed by atoms with Crippen molar-refractivity contribution in [3.63, 3.8) is 0 Å². The zero-order chi connectivity index (χ0) is 13.5. The zero-order valence-electron chi connectivity index (χ0n) is 12.1. The summed E-state index contributed by atoms with van der Waals surface area (Å²) in [6, 6.07) is 0. The van der Waals surface area contributed by atoms with Crippen molar-refractivity contribution >= 4 is 5.91 Å². The van der Waals surface area contributed by atoms with Gasteiger partial charge in [0.05, 0.1) is 5.54 Å². The Morgan fingerprint density at radius 3 is 2.24 bits per heavy atom. The molecule has 0 bridgehead atoms. The molecule has 2 N–H and O–H groups in total. The van der Waals surface area contributed by atoms with E-state index in [4.69, 9.17) is 5.73 Å². The molecule has 4 heteroatoms. The summed E-state index contributed by atoms with van der Waals surface area (Å²) in [5.74, 6) is 0.0839. The summed E-state index contributed by atoms with van der Waals surface area (Å²) in [4.78, 5) is 16.3. The molecule has 0 aromatic rings. The van der Waals surface area contributed by atoms with Crippen molar-refractivity contribution in [3.8, 4) is 0 Å². The monoisotopic (exact) mass is 243 g/mol. The van der Waals surface area contributed by atoms with E-state index in [2.05, 4.69) is 11.8 Å². The highest BCUT2D eigenvalue weighted by molar-refractivity contribution is 5.85. The summed E-state index contributed by atoms with van der Waals surface area (Å²) in [5, 5.41) is 0. The smallest absolute Gasteiger partial charge is 0.242 e. The van der Waals surface area contributed by atoms with Crippen LogP contribution in [0.25, 0.3) is 0 Å². The van der Waals surface area contributed by atoms with E-state index < -0.39 is 5.54 Å². The van der Waals surface area contributed by atoms with E-state index in [0.717, 1.165) is 38.9 Å². The molecule has 0 aliphatic heterocycles. The van der Waals surface area contributed by atoms with Crippen molar-refractivity contribution in [1.29, 1.82) is 0 Å². The third-order valence-corrected chi connectivity index (χ3v) is 2.96. The van der Waals surface area contributed by atoms with E-state index in [9.17, 15) is 4.79 Å². The average Bonchev–Trinajstić information content (AvgIpc) is 2.23. The summed E-state index contributed by atoms with van der Waals surface area (Å²) >= 11 is 0. The molecule has 1 unspecified atom stereocenters. The lowest BCUT2D eigenvalue weighted by molar-refractivity contribution is -0.136. The maximum Gasteiger partial charge on any atom is 0.242 e. The van der Waals surface area contributed by atoms with E-state index in [0.29, 0.717) is 0 Å². The molecule has 0 spiro atoms. The van der Waals surface area contributed by atoms with Gasteiger partial charge in [0.2, 0.25) is 5.91 Å². The van der Waals surface area contributed by atoms with Crippen LogP contribution in [0.15, 0.2) is 0 Å². The first kappa shape index (κ1) is 16.4. The second-order valence-corrected chi connectivity index (χ2v) is 5.21. The van der Waals surface area contributed by atoms with Crippen LogP contribution < -0.4 is 5.73 Å². The lowest BCUT2D eigenvalue weighted by Gasteiger charge is -2.31. The van der Waals surface area contributed by atoms with Gasteiger partial charge >= 0.3 is 0 Å². The maximum absolute atomic E-state index is 12.2. The Bertz CT molecular complexity index is 227. The Hall–Kier alpha value is -0.610. The van der Waals surface area contributed by atoms with Gasteiger partial charge in [0, 0.05) is 13.1 Å². The number of nitrogens with two attached hydrogens (primary N) is 1. The minimum Gasteiger partial charge on any atom is -0.341 e. The Morgan fingerprint density at radius 1 is 1.24 bits per heavy atom. The lowest BCUT2D eigenvalue weighted by Crippen LogP contribution is -2.53. The van der Waals surface area contributed by atoms with Gasteiger partial charge in [0.25, 0.3) is 0 Å². The fourth-order valence-electron chi connectivity index (χ4n) is 1.97. The van der Waals surface area contributed by atoms with Gasteiger partial charge in [0.15, 0.2) is 0 Å². The third-order valence-electron chi connectivity index (χ3n) is 2.96. The number of likely N-dealkylation sites (N-methyl/N-ethyl adjacent to an activating group) is 1. The summed E-state index contributed by atoms with van der Waals surface area (Å²) < 4.78 is 0. The van der Waals surface area contributed by atoms with E-state index >= 15 is 0 Å². The highest BCUT2D eigenvalue weighted by Crippen LogP contribution is 2.13. The number of nitrogens with zero attached hydrogens (tertiary/aromatic N) is 2. The van der Waals surface area contributed by atoms with Crippen molar-refractivity contribution in [3.05, 3.63) is 0 Å².